The van der Waals surface area contributed by atoms with Gasteiger partial charge >= 0.3 is 0 Å². The first-order valence-electron chi connectivity index (χ1n) is 5.31. The van der Waals surface area contributed by atoms with E-state index in [-0.39, 0.29) is 0 Å². The molecule has 4 heteroatoms. The van der Waals surface area contributed by atoms with Crippen LogP contribution in [0.2, 0.25) is 0 Å². The molecule has 1 heterocycles. The van der Waals surface area contributed by atoms with Crippen LogP contribution >= 0.6 is 0 Å². The van der Waals surface area contributed by atoms with E-state index in [9.17, 15) is 0 Å². The molecule has 1 aromatic heterocycles. The van der Waals surface area contributed by atoms with Crippen LogP contribution in [0.5, 0.6) is 0 Å². The number of rotatable bonds is 2. The minimum absolute atomic E-state index is 0.666. The van der Waals surface area contributed by atoms with Gasteiger partial charge in [-0.3, -0.25) is 4.98 Å². The van der Waals surface area contributed by atoms with Crippen LogP contribution in [0.3, 0.4) is 0 Å². The molecule has 0 aliphatic carbocycles. The molecular weight excluding hydrogens is 200 g/mol. The van der Waals surface area contributed by atoms with E-state index in [1.165, 1.54) is 0 Å². The van der Waals surface area contributed by atoms with Gasteiger partial charge in [0.05, 0.1) is 6.54 Å². The number of nitrogens with zero attached hydrogens (tertiary/aromatic N) is 4. The van der Waals surface area contributed by atoms with Gasteiger partial charge in [-0.2, -0.15) is 0 Å². The fourth-order valence-corrected chi connectivity index (χ4v) is 1.44. The van der Waals surface area contributed by atoms with Crippen LogP contribution in [0.25, 0.3) is 0 Å². The summed E-state index contributed by atoms with van der Waals surface area (Å²) in [6.07, 6.45) is 1.88. The molecule has 0 saturated carbocycles. The molecule has 16 heavy (non-hydrogen) atoms. The third-order valence-corrected chi connectivity index (χ3v) is 2.18. The van der Waals surface area contributed by atoms with Gasteiger partial charge in [0.25, 0.3) is 0 Å². The van der Waals surface area contributed by atoms with Crippen LogP contribution < -0.4 is 0 Å². The molecule has 0 N–H and O–H groups in total. The molecule has 88 valence electrons. The van der Waals surface area contributed by atoms with Crippen molar-refractivity contribution in [3.05, 3.63) is 29.6 Å². The molecule has 0 spiro atoms. The quantitative estimate of drug-likeness (QED) is 0.557. The van der Waals surface area contributed by atoms with E-state index in [2.05, 4.69) is 16.0 Å². The summed E-state index contributed by atoms with van der Waals surface area (Å²) >= 11 is 0. The molecule has 0 aromatic carbocycles. The Hall–Kier alpha value is -1.58. The van der Waals surface area contributed by atoms with Gasteiger partial charge in [0, 0.05) is 40.1 Å². The summed E-state index contributed by atoms with van der Waals surface area (Å²) in [5.74, 6) is 0.959. The lowest BCUT2D eigenvalue weighted by Gasteiger charge is -2.22. The second-order valence-corrected chi connectivity index (χ2v) is 4.21. The van der Waals surface area contributed by atoms with Crippen molar-refractivity contribution in [2.24, 2.45) is 4.99 Å². The van der Waals surface area contributed by atoms with Gasteiger partial charge < -0.3 is 9.80 Å². The third-order valence-electron chi connectivity index (χ3n) is 2.18. The Kier molecular flexibility index (Phi) is 4.28. The van der Waals surface area contributed by atoms with Crippen LogP contribution in [0.4, 0.5) is 0 Å². The maximum absolute atomic E-state index is 4.55. The largest absolute Gasteiger partial charge is 0.349 e. The molecule has 0 aliphatic rings. The van der Waals surface area contributed by atoms with Gasteiger partial charge in [-0.05, 0) is 18.6 Å². The zero-order valence-corrected chi connectivity index (χ0v) is 10.7. The van der Waals surface area contributed by atoms with Gasteiger partial charge in [0.15, 0.2) is 5.96 Å². The number of pyridine rings is 1. The predicted molar refractivity (Wildman–Crippen MR) is 67.5 cm³/mol. The number of guanidine groups is 1. The molecule has 1 rings (SSSR count). The summed E-state index contributed by atoms with van der Waals surface area (Å²) in [6, 6.07) is 4.07. The normalized spacial score (nSPS) is 9.81. The maximum atomic E-state index is 4.55. The Morgan fingerprint density at radius 3 is 2.25 bits per heavy atom. The first-order chi connectivity index (χ1) is 7.50. The predicted octanol–water partition coefficient (Wildman–Crippen LogP) is 1.37. The number of hydrogen-bond acceptors (Lipinski definition) is 2. The molecule has 0 radical (unpaired) electrons. The first-order valence-corrected chi connectivity index (χ1v) is 5.31. The van der Waals surface area contributed by atoms with Crippen LogP contribution in [0, 0.1) is 6.92 Å². The average Bonchev–Trinajstić information content (AvgIpc) is 2.20. The summed E-state index contributed by atoms with van der Waals surface area (Å²) < 4.78 is 0. The highest BCUT2D eigenvalue weighted by Crippen LogP contribution is 2.02. The molecule has 0 bridgehead atoms. The lowest BCUT2D eigenvalue weighted by atomic mass is 10.2. The second-order valence-electron chi connectivity index (χ2n) is 4.21. The lowest BCUT2D eigenvalue weighted by Crippen LogP contribution is -2.35. The molecule has 0 amide bonds. The Bertz CT molecular complexity index is 342. The summed E-state index contributed by atoms with van der Waals surface area (Å²) in [4.78, 5) is 12.8. The van der Waals surface area contributed by atoms with E-state index >= 15 is 0 Å². The summed E-state index contributed by atoms with van der Waals surface area (Å²) in [5.41, 5.74) is 2.17. The smallest absolute Gasteiger partial charge is 0.195 e. The fraction of sp³-hybridized carbons (Fsp3) is 0.500. The third kappa shape index (κ3) is 3.53. The van der Waals surface area contributed by atoms with Crippen molar-refractivity contribution >= 4 is 5.96 Å². The molecule has 4 nitrogen and oxygen atoms in total. The Balaban J connectivity index is 2.73. The minimum Gasteiger partial charge on any atom is -0.349 e. The number of aliphatic imine (C=N–C) groups is 1. The fourth-order valence-electron chi connectivity index (χ4n) is 1.44. The Morgan fingerprint density at radius 1 is 1.19 bits per heavy atom. The molecule has 1 aromatic rings. The zero-order chi connectivity index (χ0) is 12.1. The highest BCUT2D eigenvalue weighted by molar-refractivity contribution is 5.79. The van der Waals surface area contributed by atoms with Crippen molar-refractivity contribution in [3.8, 4) is 0 Å². The van der Waals surface area contributed by atoms with Crippen molar-refractivity contribution < 1.29 is 0 Å². The van der Waals surface area contributed by atoms with Gasteiger partial charge in [-0.15, -0.1) is 0 Å². The van der Waals surface area contributed by atoms with Gasteiger partial charge in [-0.1, -0.05) is 6.07 Å². The van der Waals surface area contributed by atoms with E-state index in [0.29, 0.717) is 6.54 Å². The topological polar surface area (TPSA) is 31.7 Å². The molecule has 0 atom stereocenters. The Labute approximate surface area is 97.6 Å². The van der Waals surface area contributed by atoms with Crippen molar-refractivity contribution in [2.75, 3.05) is 28.2 Å². The first kappa shape index (κ1) is 12.5. The average molecular weight is 220 g/mol. The van der Waals surface area contributed by atoms with Gasteiger partial charge in [-0.25, -0.2) is 4.99 Å². The highest BCUT2D eigenvalue weighted by atomic mass is 15.3. The zero-order valence-electron chi connectivity index (χ0n) is 10.7. The standard InChI is InChI=1S/C12H20N4/c1-10-6-7-11(8-13-10)9-14-12(15(2)3)16(4)5/h6-8H,9H2,1-5H3. The van der Waals surface area contributed by atoms with Crippen LogP contribution in [-0.2, 0) is 6.54 Å². The molecule has 0 fully saturated rings. The van der Waals surface area contributed by atoms with Crippen molar-refractivity contribution in [1.82, 2.24) is 14.8 Å². The molecule has 0 aliphatic heterocycles. The summed E-state index contributed by atoms with van der Waals surface area (Å²) in [6.45, 7) is 2.65. The molecule has 0 unspecified atom stereocenters. The minimum atomic E-state index is 0.666. The van der Waals surface area contributed by atoms with Crippen LogP contribution in [-0.4, -0.2) is 48.9 Å². The number of aryl methyl sites for hydroxylation is 1. The van der Waals surface area contributed by atoms with E-state index in [4.69, 9.17) is 0 Å². The van der Waals surface area contributed by atoms with Gasteiger partial charge in [0.1, 0.15) is 0 Å². The maximum Gasteiger partial charge on any atom is 0.195 e. The number of aromatic nitrogens is 1. The van der Waals surface area contributed by atoms with Crippen LogP contribution in [0.1, 0.15) is 11.3 Å². The SMILES string of the molecule is Cc1ccc(CN=C(N(C)C)N(C)C)cn1. The lowest BCUT2D eigenvalue weighted by molar-refractivity contribution is 0.479. The van der Waals surface area contributed by atoms with E-state index in [0.717, 1.165) is 17.2 Å². The van der Waals surface area contributed by atoms with Crippen LogP contribution in [0.15, 0.2) is 23.3 Å². The second kappa shape index (κ2) is 5.49. The molecule has 0 saturated heterocycles. The van der Waals surface area contributed by atoms with Gasteiger partial charge in [0.2, 0.25) is 0 Å². The summed E-state index contributed by atoms with van der Waals surface area (Å²) in [7, 11) is 7.97. The molecular formula is C12H20N4. The van der Waals surface area contributed by atoms with E-state index in [1.54, 1.807) is 0 Å². The van der Waals surface area contributed by atoms with Crippen molar-refractivity contribution in [1.29, 1.82) is 0 Å². The Morgan fingerprint density at radius 2 is 1.81 bits per heavy atom. The number of hydrogen-bond donors (Lipinski definition) is 0. The highest BCUT2D eigenvalue weighted by Gasteiger charge is 2.03. The van der Waals surface area contributed by atoms with E-state index in [1.807, 2.05) is 57.2 Å². The summed E-state index contributed by atoms with van der Waals surface area (Å²) in [5, 5.41) is 0. The van der Waals surface area contributed by atoms with E-state index < -0.39 is 0 Å². The van der Waals surface area contributed by atoms with Crippen molar-refractivity contribution in [3.63, 3.8) is 0 Å². The monoisotopic (exact) mass is 220 g/mol. The van der Waals surface area contributed by atoms with Crippen molar-refractivity contribution in [2.45, 2.75) is 13.5 Å².